The molecule has 0 aliphatic carbocycles. The second kappa shape index (κ2) is 3.87. The highest BCUT2D eigenvalue weighted by Gasteiger charge is 2.46. The number of alkyl halides is 2. The number of anilines is 1. The van der Waals surface area contributed by atoms with Crippen molar-refractivity contribution in [3.05, 3.63) is 23.8 Å². The van der Waals surface area contributed by atoms with E-state index in [1.54, 1.807) is 6.07 Å². The Hall–Kier alpha value is -1.85. The van der Waals surface area contributed by atoms with Gasteiger partial charge in [0.25, 0.3) is 11.8 Å². The summed E-state index contributed by atoms with van der Waals surface area (Å²) >= 11 is 0. The molecule has 1 aromatic rings. The molecule has 0 radical (unpaired) electrons. The van der Waals surface area contributed by atoms with Crippen molar-refractivity contribution >= 4 is 11.6 Å². The van der Waals surface area contributed by atoms with E-state index in [2.05, 4.69) is 0 Å². The zero-order valence-corrected chi connectivity index (χ0v) is 9.24. The summed E-state index contributed by atoms with van der Waals surface area (Å²) in [4.78, 5) is 12.8. The Balaban J connectivity index is 2.13. The van der Waals surface area contributed by atoms with Gasteiger partial charge in [-0.25, -0.2) is 8.78 Å². The molecule has 1 heterocycles. The topological polar surface area (TPSA) is 55.6 Å². The van der Waals surface area contributed by atoms with E-state index >= 15 is 0 Å². The second-order valence-electron chi connectivity index (χ2n) is 3.97. The molecule has 17 heavy (non-hydrogen) atoms. The van der Waals surface area contributed by atoms with Crippen molar-refractivity contribution in [2.75, 3.05) is 25.9 Å². The number of halogens is 2. The minimum atomic E-state index is -2.76. The number of benzene rings is 1. The van der Waals surface area contributed by atoms with E-state index in [0.717, 1.165) is 4.90 Å². The lowest BCUT2D eigenvalue weighted by molar-refractivity contribution is -0.113. The SMILES string of the molecule is COc1ccc(C(=O)N2CC(F)(F)C2)cc1N. The van der Waals surface area contributed by atoms with Crippen molar-refractivity contribution in [3.63, 3.8) is 0 Å². The zero-order chi connectivity index (χ0) is 12.6. The summed E-state index contributed by atoms with van der Waals surface area (Å²) in [5.74, 6) is -2.74. The molecular formula is C11H12F2N2O2. The maximum Gasteiger partial charge on any atom is 0.282 e. The van der Waals surface area contributed by atoms with Crippen molar-refractivity contribution in [2.24, 2.45) is 0 Å². The van der Waals surface area contributed by atoms with Gasteiger partial charge in [0.05, 0.1) is 25.9 Å². The molecule has 0 aromatic heterocycles. The van der Waals surface area contributed by atoms with Crippen molar-refractivity contribution in [3.8, 4) is 5.75 Å². The third-order valence-corrected chi connectivity index (χ3v) is 2.61. The van der Waals surface area contributed by atoms with Gasteiger partial charge < -0.3 is 15.4 Å². The first-order valence-corrected chi connectivity index (χ1v) is 5.03. The maximum absolute atomic E-state index is 12.6. The van der Waals surface area contributed by atoms with Crippen LogP contribution in [0.25, 0.3) is 0 Å². The Bertz CT molecular complexity index is 455. The van der Waals surface area contributed by atoms with E-state index < -0.39 is 24.9 Å². The van der Waals surface area contributed by atoms with E-state index in [-0.39, 0.29) is 0 Å². The molecule has 0 spiro atoms. The number of nitrogen functional groups attached to an aromatic ring is 1. The quantitative estimate of drug-likeness (QED) is 0.797. The summed E-state index contributed by atoms with van der Waals surface area (Å²) in [7, 11) is 1.46. The average molecular weight is 242 g/mol. The number of rotatable bonds is 2. The largest absolute Gasteiger partial charge is 0.495 e. The first-order chi connectivity index (χ1) is 7.93. The van der Waals surface area contributed by atoms with Crippen LogP contribution in [0.3, 0.4) is 0 Å². The number of nitrogens with zero attached hydrogens (tertiary/aromatic N) is 1. The molecule has 1 fully saturated rings. The van der Waals surface area contributed by atoms with E-state index in [4.69, 9.17) is 10.5 Å². The molecule has 0 bridgehead atoms. The van der Waals surface area contributed by atoms with Gasteiger partial charge in [0.1, 0.15) is 5.75 Å². The van der Waals surface area contributed by atoms with E-state index in [0.29, 0.717) is 17.0 Å². The normalized spacial score (nSPS) is 17.5. The van der Waals surface area contributed by atoms with Gasteiger partial charge in [0, 0.05) is 5.56 Å². The van der Waals surface area contributed by atoms with Crippen LogP contribution in [0.4, 0.5) is 14.5 Å². The molecule has 92 valence electrons. The monoisotopic (exact) mass is 242 g/mol. The van der Waals surface area contributed by atoms with Crippen LogP contribution < -0.4 is 10.5 Å². The molecule has 6 heteroatoms. The zero-order valence-electron chi connectivity index (χ0n) is 9.24. The molecule has 4 nitrogen and oxygen atoms in total. The smallest absolute Gasteiger partial charge is 0.282 e. The lowest BCUT2D eigenvalue weighted by atomic mass is 10.1. The summed E-state index contributed by atoms with van der Waals surface area (Å²) < 4.78 is 30.2. The van der Waals surface area contributed by atoms with Gasteiger partial charge in [-0.05, 0) is 18.2 Å². The van der Waals surface area contributed by atoms with Gasteiger partial charge in [-0.15, -0.1) is 0 Å². The Kier molecular flexibility index (Phi) is 2.65. The van der Waals surface area contributed by atoms with E-state index in [9.17, 15) is 13.6 Å². The van der Waals surface area contributed by atoms with Gasteiger partial charge in [-0.3, -0.25) is 4.79 Å². The molecule has 2 rings (SSSR count). The third-order valence-electron chi connectivity index (χ3n) is 2.61. The van der Waals surface area contributed by atoms with Crippen LogP contribution >= 0.6 is 0 Å². The molecule has 0 saturated carbocycles. The highest BCUT2D eigenvalue weighted by atomic mass is 19.3. The summed E-state index contributed by atoms with van der Waals surface area (Å²) in [5, 5.41) is 0. The summed E-state index contributed by atoms with van der Waals surface area (Å²) in [5.41, 5.74) is 6.24. The minimum Gasteiger partial charge on any atom is -0.495 e. The maximum atomic E-state index is 12.6. The first-order valence-electron chi connectivity index (χ1n) is 5.03. The Labute approximate surface area is 97.0 Å². The molecule has 2 N–H and O–H groups in total. The Morgan fingerprint density at radius 1 is 1.47 bits per heavy atom. The lowest BCUT2D eigenvalue weighted by Gasteiger charge is -2.38. The summed E-state index contributed by atoms with van der Waals surface area (Å²) in [6, 6.07) is 4.48. The van der Waals surface area contributed by atoms with Gasteiger partial charge >= 0.3 is 0 Å². The van der Waals surface area contributed by atoms with Crippen molar-refractivity contribution in [2.45, 2.75) is 5.92 Å². The highest BCUT2D eigenvalue weighted by Crippen LogP contribution is 2.29. The molecule has 1 aromatic carbocycles. The average Bonchev–Trinajstić information content (AvgIpc) is 2.24. The van der Waals surface area contributed by atoms with E-state index in [1.165, 1.54) is 19.2 Å². The van der Waals surface area contributed by atoms with Crippen LogP contribution in [-0.2, 0) is 0 Å². The van der Waals surface area contributed by atoms with Gasteiger partial charge in [0.2, 0.25) is 0 Å². The predicted octanol–water partition coefficient (Wildman–Crippen LogP) is 1.37. The van der Waals surface area contributed by atoms with Gasteiger partial charge in [-0.1, -0.05) is 0 Å². The number of carbonyl (C=O) groups excluding carboxylic acids is 1. The van der Waals surface area contributed by atoms with Crippen LogP contribution in [0, 0.1) is 0 Å². The molecule has 1 saturated heterocycles. The molecule has 0 unspecified atom stereocenters. The van der Waals surface area contributed by atoms with Crippen LogP contribution in [0.1, 0.15) is 10.4 Å². The predicted molar refractivity (Wildman–Crippen MR) is 58.3 cm³/mol. The lowest BCUT2D eigenvalue weighted by Crippen LogP contribution is -2.58. The van der Waals surface area contributed by atoms with Gasteiger partial charge in [0.15, 0.2) is 0 Å². The van der Waals surface area contributed by atoms with Crippen LogP contribution in [-0.4, -0.2) is 36.9 Å². The van der Waals surface area contributed by atoms with Gasteiger partial charge in [-0.2, -0.15) is 0 Å². The minimum absolute atomic E-state index is 0.291. The molecular weight excluding hydrogens is 230 g/mol. The fourth-order valence-corrected chi connectivity index (χ4v) is 1.71. The number of methoxy groups -OCH3 is 1. The Morgan fingerprint density at radius 3 is 2.59 bits per heavy atom. The summed E-state index contributed by atoms with van der Waals surface area (Å²) in [6.07, 6.45) is 0. The van der Waals surface area contributed by atoms with Crippen molar-refractivity contribution in [1.29, 1.82) is 0 Å². The number of nitrogens with two attached hydrogens (primary N) is 1. The molecule has 0 atom stereocenters. The van der Waals surface area contributed by atoms with Crippen molar-refractivity contribution < 1.29 is 18.3 Å². The molecule has 1 aliphatic rings. The number of likely N-dealkylation sites (tertiary alicyclic amines) is 1. The summed E-state index contributed by atoms with van der Waals surface area (Å²) in [6.45, 7) is -1.06. The number of carbonyl (C=O) groups is 1. The second-order valence-corrected chi connectivity index (χ2v) is 3.97. The van der Waals surface area contributed by atoms with Crippen LogP contribution in [0.2, 0.25) is 0 Å². The number of hydrogen-bond donors (Lipinski definition) is 1. The Morgan fingerprint density at radius 2 is 2.12 bits per heavy atom. The highest BCUT2D eigenvalue weighted by molar-refractivity contribution is 5.96. The number of ether oxygens (including phenoxy) is 1. The molecule has 1 aliphatic heterocycles. The van der Waals surface area contributed by atoms with Crippen LogP contribution in [0.15, 0.2) is 18.2 Å². The number of amides is 1. The fourth-order valence-electron chi connectivity index (χ4n) is 1.71. The fraction of sp³-hybridized carbons (Fsp3) is 0.364. The van der Waals surface area contributed by atoms with Crippen molar-refractivity contribution in [1.82, 2.24) is 4.90 Å². The standard InChI is InChI=1S/C11H12F2N2O2/c1-17-9-3-2-7(4-8(9)14)10(16)15-5-11(12,13)6-15/h2-4H,5-6,14H2,1H3. The third kappa shape index (κ3) is 2.15. The van der Waals surface area contributed by atoms with Crippen LogP contribution in [0.5, 0.6) is 5.75 Å². The molecule has 1 amide bonds. The van der Waals surface area contributed by atoms with E-state index in [1.807, 2.05) is 0 Å². The number of hydrogen-bond acceptors (Lipinski definition) is 3. The first kappa shape index (κ1) is 11.6.